The molecule has 0 saturated heterocycles. The van der Waals surface area contributed by atoms with Gasteiger partial charge in [0.05, 0.1) is 25.2 Å². The molecule has 0 aliphatic heterocycles. The van der Waals surface area contributed by atoms with Crippen LogP contribution >= 0.6 is 0 Å². The number of hydrogen-bond acceptors (Lipinski definition) is 5. The van der Waals surface area contributed by atoms with E-state index in [0.29, 0.717) is 19.3 Å². The van der Waals surface area contributed by atoms with Crippen molar-refractivity contribution in [2.24, 2.45) is 0 Å². The number of aliphatic hydroxyl groups excluding tert-OH is 2. The van der Waals surface area contributed by atoms with E-state index in [0.717, 1.165) is 64.2 Å². The Morgan fingerprint density at radius 3 is 1.25 bits per heavy atom. The molecule has 6 nitrogen and oxygen atoms in total. The standard InChI is InChI=1S/C53H103NO5/c1-4-7-10-13-16-19-21-23-24-25-26-27-29-31-34-37-40-43-46-53(58)59-49(44-41-38-35-32-18-15-12-9-6-3)47-52(57)54-50(48-55)51(56)45-42-39-36-33-30-28-22-20-17-14-11-8-5-2/h15,18,49-51,55-56H,4-14,16-17,19-48H2,1-3H3,(H,54,57)/b18-15-. The zero-order valence-electron chi connectivity index (χ0n) is 39.9. The van der Waals surface area contributed by atoms with E-state index in [1.165, 1.54) is 180 Å². The van der Waals surface area contributed by atoms with Crippen molar-refractivity contribution in [3.05, 3.63) is 12.2 Å². The highest BCUT2D eigenvalue weighted by Gasteiger charge is 2.24. The molecule has 0 bridgehead atoms. The summed E-state index contributed by atoms with van der Waals surface area (Å²) in [6, 6.07) is -0.699. The Labute approximate surface area is 368 Å². The summed E-state index contributed by atoms with van der Waals surface area (Å²) in [7, 11) is 0. The second-order valence-electron chi connectivity index (χ2n) is 18.3. The van der Waals surface area contributed by atoms with E-state index in [1.54, 1.807) is 0 Å². The molecule has 3 unspecified atom stereocenters. The van der Waals surface area contributed by atoms with Crippen LogP contribution in [0.1, 0.15) is 290 Å². The van der Waals surface area contributed by atoms with Crippen LogP contribution in [0.2, 0.25) is 0 Å². The third-order valence-electron chi connectivity index (χ3n) is 12.3. The maximum Gasteiger partial charge on any atom is 0.306 e. The van der Waals surface area contributed by atoms with Crippen LogP contribution in [-0.4, -0.2) is 46.9 Å². The average molecular weight is 834 g/mol. The zero-order valence-corrected chi connectivity index (χ0v) is 39.9. The average Bonchev–Trinajstić information content (AvgIpc) is 3.23. The third-order valence-corrected chi connectivity index (χ3v) is 12.3. The molecule has 6 heteroatoms. The fraction of sp³-hybridized carbons (Fsp3) is 0.925. The van der Waals surface area contributed by atoms with Crippen LogP contribution in [0.3, 0.4) is 0 Å². The van der Waals surface area contributed by atoms with Crippen molar-refractivity contribution in [1.29, 1.82) is 0 Å². The number of esters is 1. The second-order valence-corrected chi connectivity index (χ2v) is 18.3. The highest BCUT2D eigenvalue weighted by atomic mass is 16.5. The molecular weight excluding hydrogens is 731 g/mol. The minimum Gasteiger partial charge on any atom is -0.462 e. The molecule has 0 saturated carbocycles. The van der Waals surface area contributed by atoms with Crippen molar-refractivity contribution in [1.82, 2.24) is 5.32 Å². The number of amides is 1. The Balaban J connectivity index is 4.39. The van der Waals surface area contributed by atoms with E-state index in [1.807, 2.05) is 0 Å². The zero-order chi connectivity index (χ0) is 43.1. The largest absolute Gasteiger partial charge is 0.462 e. The molecule has 0 heterocycles. The Morgan fingerprint density at radius 2 is 0.831 bits per heavy atom. The van der Waals surface area contributed by atoms with E-state index in [-0.39, 0.29) is 24.9 Å². The van der Waals surface area contributed by atoms with Crippen molar-refractivity contribution < 1.29 is 24.5 Å². The van der Waals surface area contributed by atoms with Gasteiger partial charge in [0.25, 0.3) is 0 Å². The van der Waals surface area contributed by atoms with Crippen LogP contribution in [-0.2, 0) is 14.3 Å². The summed E-state index contributed by atoms with van der Waals surface area (Å²) in [5.41, 5.74) is 0. The monoisotopic (exact) mass is 834 g/mol. The molecule has 3 atom stereocenters. The lowest BCUT2D eigenvalue weighted by atomic mass is 10.0. The summed E-state index contributed by atoms with van der Waals surface area (Å²) in [4.78, 5) is 26.1. The molecule has 0 aromatic heterocycles. The number of nitrogens with one attached hydrogen (secondary N) is 1. The summed E-state index contributed by atoms with van der Waals surface area (Å²) in [6.07, 6.45) is 52.8. The lowest BCUT2D eigenvalue weighted by molar-refractivity contribution is -0.151. The Bertz CT molecular complexity index is 893. The molecule has 0 aromatic carbocycles. The fourth-order valence-corrected chi connectivity index (χ4v) is 8.30. The quantitative estimate of drug-likeness (QED) is 0.0322. The molecular formula is C53H103NO5. The fourth-order valence-electron chi connectivity index (χ4n) is 8.30. The van der Waals surface area contributed by atoms with Gasteiger partial charge in [-0.15, -0.1) is 0 Å². The van der Waals surface area contributed by atoms with Crippen molar-refractivity contribution in [2.75, 3.05) is 6.61 Å². The van der Waals surface area contributed by atoms with Crippen LogP contribution in [0.25, 0.3) is 0 Å². The van der Waals surface area contributed by atoms with Crippen LogP contribution in [0.15, 0.2) is 12.2 Å². The van der Waals surface area contributed by atoms with E-state index < -0.39 is 18.2 Å². The van der Waals surface area contributed by atoms with Gasteiger partial charge < -0.3 is 20.3 Å². The summed E-state index contributed by atoms with van der Waals surface area (Å²) in [6.45, 7) is 6.46. The van der Waals surface area contributed by atoms with Gasteiger partial charge in [-0.1, -0.05) is 245 Å². The van der Waals surface area contributed by atoms with Gasteiger partial charge in [-0.25, -0.2) is 0 Å². The second kappa shape index (κ2) is 47.6. The first-order chi connectivity index (χ1) is 29.0. The number of hydrogen-bond donors (Lipinski definition) is 3. The lowest BCUT2D eigenvalue weighted by Gasteiger charge is -2.24. The van der Waals surface area contributed by atoms with Crippen LogP contribution in [0.4, 0.5) is 0 Å². The van der Waals surface area contributed by atoms with Gasteiger partial charge in [0.1, 0.15) is 6.10 Å². The van der Waals surface area contributed by atoms with Gasteiger partial charge in [0, 0.05) is 6.42 Å². The number of carbonyl (C=O) groups excluding carboxylic acids is 2. The number of aliphatic hydroxyl groups is 2. The van der Waals surface area contributed by atoms with Gasteiger partial charge in [0.2, 0.25) is 5.91 Å². The molecule has 0 aromatic rings. The highest BCUT2D eigenvalue weighted by Crippen LogP contribution is 2.18. The molecule has 0 fully saturated rings. The summed E-state index contributed by atoms with van der Waals surface area (Å²) < 4.78 is 5.92. The van der Waals surface area contributed by atoms with Crippen molar-refractivity contribution in [3.8, 4) is 0 Å². The van der Waals surface area contributed by atoms with E-state index >= 15 is 0 Å². The molecule has 0 spiro atoms. The van der Waals surface area contributed by atoms with Crippen LogP contribution in [0.5, 0.6) is 0 Å². The summed E-state index contributed by atoms with van der Waals surface area (Å²) in [5.74, 6) is -0.474. The maximum absolute atomic E-state index is 13.2. The molecule has 0 aliphatic carbocycles. The number of allylic oxidation sites excluding steroid dienone is 2. The Hall–Kier alpha value is -1.40. The van der Waals surface area contributed by atoms with Gasteiger partial charge in [-0.3, -0.25) is 9.59 Å². The molecule has 1 amide bonds. The molecule has 0 radical (unpaired) electrons. The Kier molecular flexibility index (Phi) is 46.5. The molecule has 59 heavy (non-hydrogen) atoms. The first-order valence-corrected chi connectivity index (χ1v) is 26.4. The van der Waals surface area contributed by atoms with E-state index in [9.17, 15) is 19.8 Å². The minimum atomic E-state index is -0.785. The first kappa shape index (κ1) is 57.6. The summed E-state index contributed by atoms with van der Waals surface area (Å²) >= 11 is 0. The van der Waals surface area contributed by atoms with E-state index in [2.05, 4.69) is 38.2 Å². The molecule has 350 valence electrons. The van der Waals surface area contributed by atoms with Gasteiger partial charge >= 0.3 is 5.97 Å². The highest BCUT2D eigenvalue weighted by molar-refractivity contribution is 5.77. The van der Waals surface area contributed by atoms with Crippen LogP contribution < -0.4 is 5.32 Å². The van der Waals surface area contributed by atoms with Crippen LogP contribution in [0, 0.1) is 0 Å². The number of unbranched alkanes of at least 4 members (excludes halogenated alkanes) is 34. The minimum absolute atomic E-state index is 0.0732. The SMILES string of the molecule is CCCC/C=C\CCCCCC(CC(=O)NC(CO)C(O)CCCCCCCCCCCCCCC)OC(=O)CCCCCCCCCCCCCCCCCCCC. The Morgan fingerprint density at radius 1 is 0.475 bits per heavy atom. The van der Waals surface area contributed by atoms with Crippen molar-refractivity contribution in [3.63, 3.8) is 0 Å². The normalized spacial score (nSPS) is 13.2. The van der Waals surface area contributed by atoms with E-state index in [4.69, 9.17) is 4.74 Å². The predicted molar refractivity (Wildman–Crippen MR) is 255 cm³/mol. The van der Waals surface area contributed by atoms with Crippen molar-refractivity contribution in [2.45, 2.75) is 309 Å². The summed E-state index contributed by atoms with van der Waals surface area (Å²) in [5, 5.41) is 23.7. The number of ether oxygens (including phenoxy) is 1. The predicted octanol–water partition coefficient (Wildman–Crippen LogP) is 15.7. The molecule has 0 rings (SSSR count). The number of carbonyl (C=O) groups is 2. The van der Waals surface area contributed by atoms with Gasteiger partial charge in [-0.2, -0.15) is 0 Å². The third kappa shape index (κ3) is 43.1. The van der Waals surface area contributed by atoms with Gasteiger partial charge in [0.15, 0.2) is 0 Å². The topological polar surface area (TPSA) is 95.9 Å². The maximum atomic E-state index is 13.2. The lowest BCUT2D eigenvalue weighted by Crippen LogP contribution is -2.46. The molecule has 0 aliphatic rings. The molecule has 3 N–H and O–H groups in total. The smallest absolute Gasteiger partial charge is 0.306 e. The first-order valence-electron chi connectivity index (χ1n) is 26.4. The van der Waals surface area contributed by atoms with Gasteiger partial charge in [-0.05, 0) is 44.9 Å². The van der Waals surface area contributed by atoms with Crippen molar-refractivity contribution >= 4 is 11.9 Å². The number of rotatable bonds is 48.